The van der Waals surface area contributed by atoms with E-state index < -0.39 is 0 Å². The number of piperidine rings is 1. The summed E-state index contributed by atoms with van der Waals surface area (Å²) in [6.07, 6.45) is 1.80. The number of rotatable bonds is 6. The molecule has 1 aromatic carbocycles. The van der Waals surface area contributed by atoms with Crippen LogP contribution in [0, 0.1) is 17.6 Å². The lowest BCUT2D eigenvalue weighted by Crippen LogP contribution is -2.40. The van der Waals surface area contributed by atoms with Crippen LogP contribution in [0.2, 0.25) is 0 Å². The van der Waals surface area contributed by atoms with Gasteiger partial charge in [-0.15, -0.1) is 0 Å². The summed E-state index contributed by atoms with van der Waals surface area (Å²) in [7, 11) is 1.62. The molecule has 1 saturated heterocycles. The highest BCUT2D eigenvalue weighted by atomic mass is 32.1. The van der Waals surface area contributed by atoms with E-state index >= 15 is 0 Å². The molecule has 1 aliphatic heterocycles. The van der Waals surface area contributed by atoms with Crippen LogP contribution in [0.15, 0.2) is 18.2 Å². The number of hydrogen-bond donors (Lipinski definition) is 0. The number of carbonyl (C=O) groups excluding carboxylic acids is 1. The number of methoxy groups -OCH3 is 1. The van der Waals surface area contributed by atoms with Crippen molar-refractivity contribution in [2.75, 3.05) is 26.8 Å². The summed E-state index contributed by atoms with van der Waals surface area (Å²) in [5.74, 6) is 0.461. The highest BCUT2D eigenvalue weighted by Crippen LogP contribution is 2.24. The second kappa shape index (κ2) is 8.62. The molecule has 1 aromatic heterocycles. The molecule has 9 heteroatoms. The molecule has 2 heterocycles. The number of benzene rings is 1. The summed E-state index contributed by atoms with van der Waals surface area (Å²) in [6.45, 7) is 6.26. The number of aromatic nitrogens is 4. The minimum atomic E-state index is -0.126. The van der Waals surface area contributed by atoms with Crippen LogP contribution in [0.5, 0.6) is 5.75 Å². The number of hydrogen-bond acceptors (Lipinski definition) is 7. The monoisotopic (exact) mass is 391 g/mol. The fourth-order valence-corrected chi connectivity index (χ4v) is 3.53. The van der Waals surface area contributed by atoms with Crippen LogP contribution in [0.1, 0.15) is 25.3 Å². The zero-order chi connectivity index (χ0) is 19.4. The summed E-state index contributed by atoms with van der Waals surface area (Å²) in [5.41, 5.74) is 1.84. The van der Waals surface area contributed by atoms with Crippen LogP contribution in [0.4, 0.5) is 0 Å². The minimum absolute atomic E-state index is 0.0974. The molecule has 0 saturated carbocycles. The highest BCUT2D eigenvalue weighted by molar-refractivity contribution is 7.71. The van der Waals surface area contributed by atoms with Crippen molar-refractivity contribution >= 4 is 18.2 Å². The number of aryl methyl sites for hydroxylation is 1. The fourth-order valence-electron chi connectivity index (χ4n) is 3.31. The summed E-state index contributed by atoms with van der Waals surface area (Å²) in [5, 5.41) is 8.42. The van der Waals surface area contributed by atoms with Gasteiger partial charge in [0.2, 0.25) is 4.77 Å². The Morgan fingerprint density at radius 2 is 2.19 bits per heavy atom. The zero-order valence-electron chi connectivity index (χ0n) is 15.9. The smallest absolute Gasteiger partial charge is 0.310 e. The SMILES string of the molecule is CCOC(=O)[C@H]1CCCN(Cn2nnn(-c3cc(C)ccc3OC)c2=S)C1. The van der Waals surface area contributed by atoms with Crippen molar-refractivity contribution in [3.63, 3.8) is 0 Å². The van der Waals surface area contributed by atoms with Crippen molar-refractivity contribution in [2.24, 2.45) is 5.92 Å². The molecule has 0 spiro atoms. The molecular weight excluding hydrogens is 366 g/mol. The number of ether oxygens (including phenoxy) is 2. The van der Waals surface area contributed by atoms with Gasteiger partial charge in [0.25, 0.3) is 0 Å². The van der Waals surface area contributed by atoms with Gasteiger partial charge in [-0.25, -0.2) is 4.68 Å². The molecule has 0 N–H and O–H groups in total. The van der Waals surface area contributed by atoms with Gasteiger partial charge in [0.1, 0.15) is 11.4 Å². The minimum Gasteiger partial charge on any atom is -0.494 e. The average molecular weight is 391 g/mol. The molecular formula is C18H25N5O3S. The summed E-state index contributed by atoms with van der Waals surface area (Å²) >= 11 is 5.58. The highest BCUT2D eigenvalue weighted by Gasteiger charge is 2.27. The van der Waals surface area contributed by atoms with Crippen LogP contribution in [0.25, 0.3) is 5.69 Å². The van der Waals surface area contributed by atoms with Gasteiger partial charge in [0.05, 0.1) is 26.3 Å². The fraction of sp³-hybridized carbons (Fsp3) is 0.556. The van der Waals surface area contributed by atoms with Crippen molar-refractivity contribution in [1.82, 2.24) is 24.7 Å². The van der Waals surface area contributed by atoms with Crippen LogP contribution in [0.3, 0.4) is 0 Å². The van der Waals surface area contributed by atoms with Gasteiger partial charge in [-0.05, 0) is 73.6 Å². The van der Waals surface area contributed by atoms with Crippen LogP contribution >= 0.6 is 12.2 Å². The van der Waals surface area contributed by atoms with Crippen LogP contribution in [-0.4, -0.2) is 57.5 Å². The third-order valence-corrected chi connectivity index (χ3v) is 5.05. The van der Waals surface area contributed by atoms with E-state index in [9.17, 15) is 4.79 Å². The predicted molar refractivity (Wildman–Crippen MR) is 102 cm³/mol. The van der Waals surface area contributed by atoms with Crippen LogP contribution in [-0.2, 0) is 16.2 Å². The third kappa shape index (κ3) is 4.36. The van der Waals surface area contributed by atoms with Gasteiger partial charge >= 0.3 is 5.97 Å². The van der Waals surface area contributed by atoms with Crippen molar-refractivity contribution in [3.05, 3.63) is 28.5 Å². The van der Waals surface area contributed by atoms with Gasteiger partial charge in [-0.1, -0.05) is 6.07 Å². The van der Waals surface area contributed by atoms with E-state index in [0.717, 1.165) is 30.6 Å². The molecule has 1 atom stereocenters. The predicted octanol–water partition coefficient (Wildman–Crippen LogP) is 2.35. The quantitative estimate of drug-likeness (QED) is 0.553. The molecule has 0 unspecified atom stereocenters. The Labute approximate surface area is 163 Å². The number of nitrogens with zero attached hydrogens (tertiary/aromatic N) is 5. The molecule has 0 aliphatic carbocycles. The van der Waals surface area contributed by atoms with Gasteiger partial charge in [0, 0.05) is 6.54 Å². The van der Waals surface area contributed by atoms with E-state index in [1.165, 1.54) is 0 Å². The first-order chi connectivity index (χ1) is 13.0. The molecule has 3 rings (SSSR count). The van der Waals surface area contributed by atoms with Gasteiger partial charge in [-0.3, -0.25) is 9.69 Å². The molecule has 0 radical (unpaired) electrons. The van der Waals surface area contributed by atoms with Gasteiger partial charge in [-0.2, -0.15) is 4.68 Å². The van der Waals surface area contributed by atoms with E-state index in [2.05, 4.69) is 15.3 Å². The Morgan fingerprint density at radius 1 is 1.37 bits per heavy atom. The first-order valence-corrected chi connectivity index (χ1v) is 9.51. The maximum atomic E-state index is 12.0. The summed E-state index contributed by atoms with van der Waals surface area (Å²) < 4.78 is 14.3. The Morgan fingerprint density at radius 3 is 2.93 bits per heavy atom. The van der Waals surface area contributed by atoms with Crippen molar-refractivity contribution in [1.29, 1.82) is 0 Å². The van der Waals surface area contributed by atoms with Gasteiger partial charge < -0.3 is 9.47 Å². The second-order valence-electron chi connectivity index (χ2n) is 6.66. The van der Waals surface area contributed by atoms with Crippen LogP contribution < -0.4 is 4.74 Å². The van der Waals surface area contributed by atoms with E-state index in [1.54, 1.807) is 16.5 Å². The molecule has 2 aromatic rings. The molecule has 8 nitrogen and oxygen atoms in total. The standard InChI is InChI=1S/C18H25N5O3S/c1-4-26-17(24)14-6-5-9-21(11-14)12-22-18(27)23(20-19-22)15-10-13(2)7-8-16(15)25-3/h7-8,10,14H,4-6,9,11-12H2,1-3H3/t14-/m0/s1. The van der Waals surface area contributed by atoms with Crippen molar-refractivity contribution in [2.45, 2.75) is 33.4 Å². The van der Waals surface area contributed by atoms with E-state index in [-0.39, 0.29) is 11.9 Å². The second-order valence-corrected chi connectivity index (χ2v) is 7.02. The number of esters is 1. The van der Waals surface area contributed by atoms with E-state index in [1.807, 2.05) is 32.0 Å². The lowest BCUT2D eigenvalue weighted by Gasteiger charge is -2.30. The Hall–Kier alpha value is -2.26. The third-order valence-electron chi connectivity index (χ3n) is 4.66. The molecule has 0 bridgehead atoms. The molecule has 1 fully saturated rings. The lowest BCUT2D eigenvalue weighted by atomic mass is 9.99. The van der Waals surface area contributed by atoms with E-state index in [4.69, 9.17) is 21.7 Å². The maximum Gasteiger partial charge on any atom is 0.310 e. The zero-order valence-corrected chi connectivity index (χ0v) is 16.7. The molecule has 0 amide bonds. The van der Waals surface area contributed by atoms with Crippen molar-refractivity contribution < 1.29 is 14.3 Å². The Balaban J connectivity index is 1.77. The first kappa shape index (κ1) is 19.5. The van der Waals surface area contributed by atoms with Crippen molar-refractivity contribution in [3.8, 4) is 11.4 Å². The summed E-state index contributed by atoms with van der Waals surface area (Å²) in [6, 6.07) is 5.82. The normalized spacial score (nSPS) is 17.7. The lowest BCUT2D eigenvalue weighted by molar-refractivity contribution is -0.150. The molecule has 1 aliphatic rings. The first-order valence-electron chi connectivity index (χ1n) is 9.10. The Kier molecular flexibility index (Phi) is 6.22. The topological polar surface area (TPSA) is 74.4 Å². The van der Waals surface area contributed by atoms with E-state index in [0.29, 0.717) is 30.3 Å². The number of tetrazole rings is 1. The largest absolute Gasteiger partial charge is 0.494 e. The summed E-state index contributed by atoms with van der Waals surface area (Å²) in [4.78, 5) is 14.2. The number of likely N-dealkylation sites (tertiary alicyclic amines) is 1. The van der Waals surface area contributed by atoms with Gasteiger partial charge in [0.15, 0.2) is 0 Å². The average Bonchev–Trinajstić information content (AvgIpc) is 3.02. The maximum absolute atomic E-state index is 12.0. The Bertz CT molecular complexity index is 863. The molecule has 146 valence electrons. The number of carbonyl (C=O) groups is 1. The molecule has 27 heavy (non-hydrogen) atoms.